The molecule has 1 heterocycles. The Morgan fingerprint density at radius 1 is 1.14 bits per heavy atom. The van der Waals surface area contributed by atoms with E-state index in [1.807, 2.05) is 30.3 Å². The summed E-state index contributed by atoms with van der Waals surface area (Å²) in [5.41, 5.74) is 1.77. The van der Waals surface area contributed by atoms with Crippen LogP contribution in [0.15, 0.2) is 54.9 Å². The molecule has 0 aliphatic rings. The molecule has 2 aromatic rings. The summed E-state index contributed by atoms with van der Waals surface area (Å²) < 4.78 is 11.1. The number of esters is 1. The molecule has 0 amide bonds. The van der Waals surface area contributed by atoms with Crippen LogP contribution in [0.3, 0.4) is 0 Å². The van der Waals surface area contributed by atoms with Crippen molar-refractivity contribution in [1.29, 1.82) is 0 Å². The normalized spacial score (nSPS) is 11.9. The lowest BCUT2D eigenvalue weighted by Gasteiger charge is -2.17. The van der Waals surface area contributed by atoms with E-state index in [9.17, 15) is 4.79 Å². The number of hydrogen-bond acceptors (Lipinski definition) is 4. The van der Waals surface area contributed by atoms with Crippen molar-refractivity contribution in [2.75, 3.05) is 6.61 Å². The topological polar surface area (TPSA) is 48.4 Å². The summed E-state index contributed by atoms with van der Waals surface area (Å²) in [5, 5.41) is 0. The first kappa shape index (κ1) is 16.2. The second-order valence-electron chi connectivity index (χ2n) is 4.98. The van der Waals surface area contributed by atoms with E-state index in [4.69, 9.17) is 9.47 Å². The van der Waals surface area contributed by atoms with Gasteiger partial charge in [-0.05, 0) is 29.7 Å². The van der Waals surface area contributed by atoms with Crippen LogP contribution >= 0.6 is 0 Å². The molecule has 1 unspecified atom stereocenters. The van der Waals surface area contributed by atoms with Crippen LogP contribution in [0.5, 0.6) is 0 Å². The SMILES string of the molecule is CCCCOC(=O)C(OCc1ccccc1)c1ccncc1. The zero-order valence-electron chi connectivity index (χ0n) is 12.8. The molecular weight excluding hydrogens is 278 g/mol. The highest BCUT2D eigenvalue weighted by molar-refractivity contribution is 5.76. The van der Waals surface area contributed by atoms with Gasteiger partial charge < -0.3 is 9.47 Å². The summed E-state index contributed by atoms with van der Waals surface area (Å²) in [4.78, 5) is 16.2. The van der Waals surface area contributed by atoms with E-state index in [2.05, 4.69) is 11.9 Å². The average molecular weight is 299 g/mol. The van der Waals surface area contributed by atoms with E-state index in [-0.39, 0.29) is 5.97 Å². The molecule has 0 aliphatic carbocycles. The second-order valence-corrected chi connectivity index (χ2v) is 4.98. The number of aromatic nitrogens is 1. The Morgan fingerprint density at radius 3 is 2.55 bits per heavy atom. The number of nitrogens with zero attached hydrogens (tertiary/aromatic N) is 1. The van der Waals surface area contributed by atoms with Crippen molar-refractivity contribution >= 4 is 5.97 Å². The quantitative estimate of drug-likeness (QED) is 0.551. The van der Waals surface area contributed by atoms with Crippen LogP contribution in [0.1, 0.15) is 37.0 Å². The fourth-order valence-electron chi connectivity index (χ4n) is 1.99. The van der Waals surface area contributed by atoms with E-state index in [1.54, 1.807) is 24.5 Å². The van der Waals surface area contributed by atoms with Crippen molar-refractivity contribution < 1.29 is 14.3 Å². The van der Waals surface area contributed by atoms with Crippen LogP contribution in [0.25, 0.3) is 0 Å². The van der Waals surface area contributed by atoms with Crippen molar-refractivity contribution in [2.45, 2.75) is 32.5 Å². The minimum atomic E-state index is -0.722. The van der Waals surface area contributed by atoms with Gasteiger partial charge in [0.05, 0.1) is 13.2 Å². The summed E-state index contributed by atoms with van der Waals surface area (Å²) in [7, 11) is 0. The number of carbonyl (C=O) groups is 1. The minimum Gasteiger partial charge on any atom is -0.464 e. The first-order valence-corrected chi connectivity index (χ1v) is 7.53. The molecule has 0 fully saturated rings. The Balaban J connectivity index is 2.03. The lowest BCUT2D eigenvalue weighted by molar-refractivity contribution is -0.158. The van der Waals surface area contributed by atoms with Gasteiger partial charge in [-0.25, -0.2) is 4.79 Å². The first-order chi connectivity index (χ1) is 10.8. The van der Waals surface area contributed by atoms with Gasteiger partial charge in [-0.15, -0.1) is 0 Å². The van der Waals surface area contributed by atoms with Gasteiger partial charge in [-0.1, -0.05) is 43.7 Å². The van der Waals surface area contributed by atoms with Crippen molar-refractivity contribution in [1.82, 2.24) is 4.98 Å². The lowest BCUT2D eigenvalue weighted by atomic mass is 10.1. The minimum absolute atomic E-state index is 0.351. The molecular formula is C18H21NO3. The molecule has 0 aliphatic heterocycles. The van der Waals surface area contributed by atoms with Gasteiger partial charge in [0.2, 0.25) is 0 Å². The monoisotopic (exact) mass is 299 g/mol. The van der Waals surface area contributed by atoms with Crippen molar-refractivity contribution in [3.63, 3.8) is 0 Å². The maximum atomic E-state index is 12.3. The van der Waals surface area contributed by atoms with E-state index in [1.165, 1.54) is 0 Å². The Bertz CT molecular complexity index is 557. The standard InChI is InChI=1S/C18H21NO3/c1-2-3-13-21-18(20)17(16-9-11-19-12-10-16)22-14-15-7-5-4-6-8-15/h4-12,17H,2-3,13-14H2,1H3. The average Bonchev–Trinajstić information content (AvgIpc) is 2.57. The number of pyridine rings is 1. The molecule has 0 bridgehead atoms. The van der Waals surface area contributed by atoms with Crippen molar-refractivity contribution in [2.24, 2.45) is 0 Å². The number of benzene rings is 1. The summed E-state index contributed by atoms with van der Waals surface area (Å²) in [6, 6.07) is 13.3. The van der Waals surface area contributed by atoms with E-state index >= 15 is 0 Å². The van der Waals surface area contributed by atoms with Gasteiger partial charge in [0.25, 0.3) is 0 Å². The third-order valence-corrected chi connectivity index (χ3v) is 3.22. The number of rotatable bonds is 8. The van der Waals surface area contributed by atoms with Crippen LogP contribution in [-0.4, -0.2) is 17.6 Å². The van der Waals surface area contributed by atoms with E-state index < -0.39 is 6.10 Å². The highest BCUT2D eigenvalue weighted by Gasteiger charge is 2.23. The zero-order valence-corrected chi connectivity index (χ0v) is 12.8. The molecule has 0 radical (unpaired) electrons. The van der Waals surface area contributed by atoms with Crippen LogP contribution in [0.2, 0.25) is 0 Å². The smallest absolute Gasteiger partial charge is 0.339 e. The summed E-state index contributed by atoms with van der Waals surface area (Å²) in [5.74, 6) is -0.351. The van der Waals surface area contributed by atoms with Gasteiger partial charge >= 0.3 is 5.97 Å². The molecule has 0 N–H and O–H groups in total. The maximum Gasteiger partial charge on any atom is 0.339 e. The van der Waals surface area contributed by atoms with Gasteiger partial charge in [-0.2, -0.15) is 0 Å². The predicted octanol–water partition coefficient (Wildman–Crippen LogP) is 3.68. The number of unbranched alkanes of at least 4 members (excludes halogenated alkanes) is 1. The van der Waals surface area contributed by atoms with E-state index in [0.29, 0.717) is 13.2 Å². The van der Waals surface area contributed by atoms with Crippen LogP contribution in [-0.2, 0) is 20.9 Å². The molecule has 0 saturated heterocycles. The fraction of sp³-hybridized carbons (Fsp3) is 0.333. The molecule has 1 atom stereocenters. The molecule has 116 valence electrons. The van der Waals surface area contributed by atoms with Crippen LogP contribution in [0, 0.1) is 0 Å². The third kappa shape index (κ3) is 4.97. The lowest BCUT2D eigenvalue weighted by Crippen LogP contribution is -2.19. The maximum absolute atomic E-state index is 12.3. The zero-order chi connectivity index (χ0) is 15.6. The largest absolute Gasteiger partial charge is 0.464 e. The highest BCUT2D eigenvalue weighted by Crippen LogP contribution is 2.20. The fourth-order valence-corrected chi connectivity index (χ4v) is 1.99. The molecule has 0 spiro atoms. The van der Waals surface area contributed by atoms with Crippen LogP contribution in [0.4, 0.5) is 0 Å². The summed E-state index contributed by atoms with van der Waals surface area (Å²) >= 11 is 0. The molecule has 2 rings (SSSR count). The number of carbonyl (C=O) groups excluding carboxylic acids is 1. The second kappa shape index (κ2) is 8.95. The van der Waals surface area contributed by atoms with Gasteiger partial charge in [0.1, 0.15) is 0 Å². The Kier molecular flexibility index (Phi) is 6.58. The summed E-state index contributed by atoms with van der Waals surface area (Å²) in [6.45, 7) is 2.84. The number of hydrogen-bond donors (Lipinski definition) is 0. The molecule has 1 aromatic carbocycles. The van der Waals surface area contributed by atoms with Crippen molar-refractivity contribution in [3.05, 3.63) is 66.0 Å². The summed E-state index contributed by atoms with van der Waals surface area (Å²) in [6.07, 6.45) is 4.41. The number of ether oxygens (including phenoxy) is 2. The van der Waals surface area contributed by atoms with E-state index in [0.717, 1.165) is 24.0 Å². The first-order valence-electron chi connectivity index (χ1n) is 7.53. The van der Waals surface area contributed by atoms with Crippen LogP contribution < -0.4 is 0 Å². The molecule has 4 heteroatoms. The predicted molar refractivity (Wildman–Crippen MR) is 84.1 cm³/mol. The van der Waals surface area contributed by atoms with Gasteiger partial charge in [0, 0.05) is 12.4 Å². The molecule has 22 heavy (non-hydrogen) atoms. The van der Waals surface area contributed by atoms with Gasteiger partial charge in [-0.3, -0.25) is 4.98 Å². The van der Waals surface area contributed by atoms with Crippen molar-refractivity contribution in [3.8, 4) is 0 Å². The highest BCUT2D eigenvalue weighted by atomic mass is 16.6. The Morgan fingerprint density at radius 2 is 1.86 bits per heavy atom. The Labute approximate surface area is 131 Å². The molecule has 0 saturated carbocycles. The molecule has 1 aromatic heterocycles. The molecule has 4 nitrogen and oxygen atoms in total. The third-order valence-electron chi connectivity index (χ3n) is 3.22. The van der Waals surface area contributed by atoms with Gasteiger partial charge in [0.15, 0.2) is 6.10 Å². The Hall–Kier alpha value is -2.20.